The van der Waals surface area contributed by atoms with Gasteiger partial charge in [-0.3, -0.25) is 19.3 Å². The summed E-state index contributed by atoms with van der Waals surface area (Å²) in [6.45, 7) is -0.933. The maximum atomic E-state index is 14.8. The Balaban J connectivity index is 1.57. The molecule has 200 valence electrons. The predicted octanol–water partition coefficient (Wildman–Crippen LogP) is 4.09. The lowest BCUT2D eigenvalue weighted by Crippen LogP contribution is -2.55. The first-order valence-corrected chi connectivity index (χ1v) is 11.9. The number of hydrogen-bond donors (Lipinski definition) is 1. The minimum Gasteiger partial charge on any atom is -0.481 e. The normalized spacial score (nSPS) is 29.6. The molecule has 4 aliphatic rings. The maximum Gasteiger partial charge on any atom is 0.416 e. The summed E-state index contributed by atoms with van der Waals surface area (Å²) in [5.74, 6) is -10.6. The summed E-state index contributed by atoms with van der Waals surface area (Å²) in [6.07, 6.45) is -5.73. The van der Waals surface area contributed by atoms with E-state index < -0.39 is 83.5 Å². The standard InChI is InChI=1S/C23H15Cl2F5N4O4/c1-38-14-3-8(23(28,29)30)2-13(31-14)34-18(35)15-12-6-21(26,27)7-33(12)22(16(15)19(34)36)10-4-9(24)5-11(25)17(10)32-20(22)37/h2-5,12,15-16H,6-7H2,1H3,(H,32,37). The number of amides is 3. The third-order valence-corrected chi connectivity index (χ3v) is 8.10. The zero-order valence-electron chi connectivity index (χ0n) is 19.1. The van der Waals surface area contributed by atoms with Gasteiger partial charge in [-0.25, -0.2) is 13.7 Å². The summed E-state index contributed by atoms with van der Waals surface area (Å²) < 4.78 is 75.0. The molecule has 8 nitrogen and oxygen atoms in total. The first-order valence-electron chi connectivity index (χ1n) is 11.2. The first kappa shape index (κ1) is 25.3. The van der Waals surface area contributed by atoms with Crippen molar-refractivity contribution in [3.05, 3.63) is 45.4 Å². The van der Waals surface area contributed by atoms with Gasteiger partial charge >= 0.3 is 6.18 Å². The molecular weight excluding hydrogens is 562 g/mol. The van der Waals surface area contributed by atoms with Gasteiger partial charge in [0.05, 0.1) is 41.8 Å². The summed E-state index contributed by atoms with van der Waals surface area (Å²) in [5, 5.41) is 2.57. The molecule has 5 heterocycles. The number of alkyl halides is 5. The van der Waals surface area contributed by atoms with Crippen molar-refractivity contribution in [2.24, 2.45) is 11.8 Å². The number of rotatable bonds is 2. The fourth-order valence-electron chi connectivity index (χ4n) is 6.28. The van der Waals surface area contributed by atoms with Gasteiger partial charge in [-0.05, 0) is 18.2 Å². The second-order valence-corrected chi connectivity index (χ2v) is 10.4. The summed E-state index contributed by atoms with van der Waals surface area (Å²) in [4.78, 5) is 46.6. The number of fused-ring (bicyclic) bond motifs is 7. The van der Waals surface area contributed by atoms with Crippen LogP contribution in [0.5, 0.6) is 5.88 Å². The number of aromatic nitrogens is 1. The topological polar surface area (TPSA) is 91.8 Å². The van der Waals surface area contributed by atoms with Crippen molar-refractivity contribution >= 4 is 52.4 Å². The maximum absolute atomic E-state index is 14.8. The quantitative estimate of drug-likeness (QED) is 0.428. The van der Waals surface area contributed by atoms with E-state index in [9.17, 15) is 36.3 Å². The Bertz CT molecular complexity index is 1450. The second-order valence-electron chi connectivity index (χ2n) is 9.56. The van der Waals surface area contributed by atoms with E-state index in [1.165, 1.54) is 12.1 Å². The Morgan fingerprint density at radius 2 is 1.82 bits per heavy atom. The van der Waals surface area contributed by atoms with Crippen LogP contribution in [0.1, 0.15) is 17.5 Å². The predicted molar refractivity (Wildman–Crippen MR) is 122 cm³/mol. The van der Waals surface area contributed by atoms with Crippen LogP contribution in [0.4, 0.5) is 33.5 Å². The fraction of sp³-hybridized carbons (Fsp3) is 0.391. The van der Waals surface area contributed by atoms with E-state index in [1.807, 2.05) is 0 Å². The third kappa shape index (κ3) is 3.18. The number of nitrogens with zero attached hydrogens (tertiary/aromatic N) is 3. The molecule has 1 aromatic heterocycles. The monoisotopic (exact) mass is 576 g/mol. The van der Waals surface area contributed by atoms with Crippen LogP contribution < -0.4 is 15.0 Å². The van der Waals surface area contributed by atoms with Crippen LogP contribution in [0.15, 0.2) is 24.3 Å². The van der Waals surface area contributed by atoms with Crippen molar-refractivity contribution in [1.29, 1.82) is 0 Å². The number of imide groups is 1. The number of methoxy groups -OCH3 is 1. The minimum absolute atomic E-state index is 0.0124. The highest BCUT2D eigenvalue weighted by Gasteiger charge is 2.77. The van der Waals surface area contributed by atoms with E-state index in [2.05, 4.69) is 10.3 Å². The average molecular weight is 577 g/mol. The lowest BCUT2D eigenvalue weighted by molar-refractivity contribution is -0.138. The molecule has 0 bridgehead atoms. The number of anilines is 2. The molecule has 3 fully saturated rings. The Kier molecular flexibility index (Phi) is 5.16. The molecule has 2 aromatic rings. The molecule has 38 heavy (non-hydrogen) atoms. The van der Waals surface area contributed by atoms with Crippen molar-refractivity contribution in [2.75, 3.05) is 23.9 Å². The number of halogens is 7. The molecule has 0 radical (unpaired) electrons. The smallest absolute Gasteiger partial charge is 0.416 e. The number of carbonyl (C=O) groups is 3. The van der Waals surface area contributed by atoms with Gasteiger partial charge in [0, 0.05) is 29.1 Å². The molecule has 4 atom stereocenters. The van der Waals surface area contributed by atoms with Crippen molar-refractivity contribution in [3.63, 3.8) is 0 Å². The number of benzene rings is 1. The molecule has 4 unspecified atom stereocenters. The zero-order chi connectivity index (χ0) is 27.5. The van der Waals surface area contributed by atoms with Crippen molar-refractivity contribution in [1.82, 2.24) is 9.88 Å². The SMILES string of the molecule is COc1cc(C(F)(F)F)cc(N2C(=O)C3C4CC(F)(F)CN4C4(C(=O)Nc5c(Cl)cc(Cl)cc54)C3C2=O)n1. The lowest BCUT2D eigenvalue weighted by atomic mass is 9.75. The molecule has 15 heteroatoms. The highest BCUT2D eigenvalue weighted by Crippen LogP contribution is 2.63. The van der Waals surface area contributed by atoms with Crippen molar-refractivity contribution < 1.29 is 41.1 Å². The molecule has 0 saturated carbocycles. The Morgan fingerprint density at radius 1 is 1.11 bits per heavy atom. The summed E-state index contributed by atoms with van der Waals surface area (Å²) in [7, 11) is 1.05. The lowest BCUT2D eigenvalue weighted by Gasteiger charge is -2.36. The van der Waals surface area contributed by atoms with Crippen LogP contribution in [-0.2, 0) is 26.1 Å². The zero-order valence-corrected chi connectivity index (χ0v) is 20.6. The van der Waals surface area contributed by atoms with Gasteiger partial charge in [-0.2, -0.15) is 18.2 Å². The van der Waals surface area contributed by atoms with Gasteiger partial charge in [0.1, 0.15) is 11.4 Å². The highest BCUT2D eigenvalue weighted by molar-refractivity contribution is 6.38. The van der Waals surface area contributed by atoms with Gasteiger partial charge in [-0.15, -0.1) is 0 Å². The molecule has 4 aliphatic heterocycles. The Morgan fingerprint density at radius 3 is 2.47 bits per heavy atom. The van der Waals surface area contributed by atoms with Crippen LogP contribution in [0.25, 0.3) is 0 Å². The average Bonchev–Trinajstić information content (AvgIpc) is 3.46. The third-order valence-electron chi connectivity index (χ3n) is 7.58. The molecule has 3 saturated heterocycles. The van der Waals surface area contributed by atoms with Crippen molar-refractivity contribution in [2.45, 2.75) is 30.1 Å². The van der Waals surface area contributed by atoms with Crippen LogP contribution in [0.3, 0.4) is 0 Å². The van der Waals surface area contributed by atoms with Crippen LogP contribution in [0.2, 0.25) is 10.0 Å². The van der Waals surface area contributed by atoms with E-state index in [0.29, 0.717) is 17.0 Å². The fourth-order valence-corrected chi connectivity index (χ4v) is 6.82. The van der Waals surface area contributed by atoms with E-state index in [-0.39, 0.29) is 21.3 Å². The van der Waals surface area contributed by atoms with Crippen molar-refractivity contribution in [3.8, 4) is 5.88 Å². The summed E-state index contributed by atoms with van der Waals surface area (Å²) in [6, 6.07) is 2.42. The molecule has 0 aliphatic carbocycles. The Labute approximate surface area is 220 Å². The highest BCUT2D eigenvalue weighted by atomic mass is 35.5. The number of hydrogen-bond acceptors (Lipinski definition) is 6. The molecule has 1 spiro atoms. The number of pyridine rings is 1. The summed E-state index contributed by atoms with van der Waals surface area (Å²) >= 11 is 12.4. The second kappa shape index (κ2) is 7.76. The summed E-state index contributed by atoms with van der Waals surface area (Å²) in [5.41, 5.74) is -3.27. The van der Waals surface area contributed by atoms with Gasteiger partial charge in [0.2, 0.25) is 17.7 Å². The van der Waals surface area contributed by atoms with Gasteiger partial charge in [0.25, 0.3) is 11.8 Å². The van der Waals surface area contributed by atoms with E-state index in [1.54, 1.807) is 0 Å². The number of carbonyl (C=O) groups excluding carboxylic acids is 3. The van der Waals surface area contributed by atoms with E-state index in [0.717, 1.165) is 12.0 Å². The van der Waals surface area contributed by atoms with Gasteiger partial charge in [-0.1, -0.05) is 23.2 Å². The minimum atomic E-state index is -4.88. The number of ether oxygens (including phenoxy) is 1. The molecular formula is C23H15Cl2F5N4O4. The van der Waals surface area contributed by atoms with Crippen LogP contribution in [-0.4, -0.2) is 53.2 Å². The van der Waals surface area contributed by atoms with Crippen LogP contribution in [0, 0.1) is 11.8 Å². The van der Waals surface area contributed by atoms with Gasteiger partial charge in [0.15, 0.2) is 0 Å². The number of nitrogens with one attached hydrogen (secondary N) is 1. The largest absolute Gasteiger partial charge is 0.481 e. The van der Waals surface area contributed by atoms with Gasteiger partial charge < -0.3 is 10.1 Å². The molecule has 1 N–H and O–H groups in total. The van der Waals surface area contributed by atoms with Crippen LogP contribution >= 0.6 is 23.2 Å². The van der Waals surface area contributed by atoms with E-state index >= 15 is 0 Å². The molecule has 1 aromatic carbocycles. The first-order chi connectivity index (χ1) is 17.7. The molecule has 3 amide bonds. The molecule has 6 rings (SSSR count). The van der Waals surface area contributed by atoms with E-state index in [4.69, 9.17) is 27.9 Å². The Hall–Kier alpha value is -3.03.